The first-order chi connectivity index (χ1) is 28.1. The van der Waals surface area contributed by atoms with Gasteiger partial charge in [-0.3, -0.25) is 4.90 Å². The maximum Gasteiger partial charge on any atom is 0.137 e. The number of anilines is 7. The standard InChI is InChI=1S/C54H56N4O/c1-33-26-35(3)51(36(4)27-33)42-22-20-40(31-47(42)56-45-17-13-14-18-46(45)57-52-37(5)28-34(2)29-38(52)6)59-41-21-23-44-49(32-41)58(48-19-15-12-16-43(48)54(44,10)11)50-30-39(24-25-55-50)53(7,8)9/h12-32,56-57H,1-11H3. The molecule has 0 unspecified atom stereocenters. The van der Waals surface area contributed by atoms with Gasteiger partial charge in [-0.1, -0.05) is 106 Å². The lowest BCUT2D eigenvalue weighted by molar-refractivity contribution is 0.482. The molecule has 0 saturated carbocycles. The van der Waals surface area contributed by atoms with Crippen LogP contribution >= 0.6 is 0 Å². The molecule has 0 bridgehead atoms. The van der Waals surface area contributed by atoms with Gasteiger partial charge < -0.3 is 15.4 Å². The predicted octanol–water partition coefficient (Wildman–Crippen LogP) is 15.3. The van der Waals surface area contributed by atoms with Gasteiger partial charge in [0, 0.05) is 35.0 Å². The molecule has 59 heavy (non-hydrogen) atoms. The minimum atomic E-state index is -0.234. The zero-order valence-electron chi connectivity index (χ0n) is 36.4. The van der Waals surface area contributed by atoms with E-state index in [1.165, 1.54) is 55.6 Å². The Kier molecular flexibility index (Phi) is 10.1. The monoisotopic (exact) mass is 776 g/mol. The van der Waals surface area contributed by atoms with Crippen molar-refractivity contribution in [2.75, 3.05) is 15.5 Å². The van der Waals surface area contributed by atoms with Crippen LogP contribution in [0.3, 0.4) is 0 Å². The van der Waals surface area contributed by atoms with Crippen LogP contribution in [0.25, 0.3) is 11.1 Å². The van der Waals surface area contributed by atoms with Crippen molar-refractivity contribution in [1.29, 1.82) is 0 Å². The molecule has 298 valence electrons. The maximum absolute atomic E-state index is 6.88. The van der Waals surface area contributed by atoms with Gasteiger partial charge in [-0.25, -0.2) is 4.98 Å². The zero-order valence-corrected chi connectivity index (χ0v) is 36.4. The summed E-state index contributed by atoms with van der Waals surface area (Å²) in [4.78, 5) is 7.27. The molecule has 0 aliphatic carbocycles. The Balaban J connectivity index is 1.22. The number of aryl methyl sites for hydroxylation is 6. The number of para-hydroxylation sites is 3. The quantitative estimate of drug-likeness (QED) is 0.161. The van der Waals surface area contributed by atoms with E-state index >= 15 is 0 Å². The van der Waals surface area contributed by atoms with E-state index in [9.17, 15) is 0 Å². The Morgan fingerprint density at radius 3 is 1.81 bits per heavy atom. The third-order valence-corrected chi connectivity index (χ3v) is 11.8. The number of hydrogen-bond donors (Lipinski definition) is 2. The lowest BCUT2D eigenvalue weighted by Gasteiger charge is -2.41. The van der Waals surface area contributed by atoms with Gasteiger partial charge >= 0.3 is 0 Å². The Morgan fingerprint density at radius 2 is 1.14 bits per heavy atom. The molecule has 8 rings (SSSR count). The fraction of sp³-hybridized carbons (Fsp3) is 0.241. The topological polar surface area (TPSA) is 49.4 Å². The van der Waals surface area contributed by atoms with Gasteiger partial charge in [0.1, 0.15) is 17.3 Å². The highest BCUT2D eigenvalue weighted by molar-refractivity contribution is 5.89. The average Bonchev–Trinajstić information content (AvgIpc) is 3.17. The summed E-state index contributed by atoms with van der Waals surface area (Å²) >= 11 is 0. The number of ether oxygens (including phenoxy) is 1. The highest BCUT2D eigenvalue weighted by Crippen LogP contribution is 2.53. The van der Waals surface area contributed by atoms with Crippen molar-refractivity contribution < 1.29 is 4.74 Å². The number of rotatable bonds is 8. The van der Waals surface area contributed by atoms with E-state index < -0.39 is 0 Å². The molecule has 6 aromatic carbocycles. The van der Waals surface area contributed by atoms with Gasteiger partial charge in [0.2, 0.25) is 0 Å². The zero-order chi connectivity index (χ0) is 41.8. The van der Waals surface area contributed by atoms with E-state index in [-0.39, 0.29) is 10.8 Å². The molecule has 1 aliphatic rings. The molecule has 1 aliphatic heterocycles. The van der Waals surface area contributed by atoms with E-state index in [0.29, 0.717) is 0 Å². The fourth-order valence-electron chi connectivity index (χ4n) is 9.02. The van der Waals surface area contributed by atoms with Crippen LogP contribution in [-0.2, 0) is 10.8 Å². The van der Waals surface area contributed by atoms with Gasteiger partial charge in [-0.05, 0) is 140 Å². The highest BCUT2D eigenvalue weighted by Gasteiger charge is 2.37. The molecule has 0 fully saturated rings. The Morgan fingerprint density at radius 1 is 0.559 bits per heavy atom. The van der Waals surface area contributed by atoms with Crippen LogP contribution in [0.2, 0.25) is 0 Å². The second kappa shape index (κ2) is 15.1. The summed E-state index contributed by atoms with van der Waals surface area (Å²) < 4.78 is 6.88. The molecule has 0 radical (unpaired) electrons. The molecular weight excluding hydrogens is 721 g/mol. The summed E-state index contributed by atoms with van der Waals surface area (Å²) in [5, 5.41) is 7.63. The van der Waals surface area contributed by atoms with Crippen LogP contribution in [0, 0.1) is 41.5 Å². The van der Waals surface area contributed by atoms with Crippen LogP contribution in [0.4, 0.5) is 39.9 Å². The maximum atomic E-state index is 6.88. The minimum Gasteiger partial charge on any atom is -0.457 e. The normalized spacial score (nSPS) is 13.1. The largest absolute Gasteiger partial charge is 0.457 e. The summed E-state index contributed by atoms with van der Waals surface area (Å²) in [6.07, 6.45) is 1.93. The summed E-state index contributed by atoms with van der Waals surface area (Å²) in [5.74, 6) is 2.38. The van der Waals surface area contributed by atoms with Crippen LogP contribution in [0.5, 0.6) is 11.5 Å². The number of nitrogens with zero attached hydrogens (tertiary/aromatic N) is 2. The van der Waals surface area contributed by atoms with Gasteiger partial charge in [-0.2, -0.15) is 0 Å². The number of fused-ring (bicyclic) bond motifs is 2. The lowest BCUT2D eigenvalue weighted by atomic mass is 9.73. The van der Waals surface area contributed by atoms with Crippen LogP contribution in [0.15, 0.2) is 128 Å². The SMILES string of the molecule is Cc1cc(C)c(Nc2ccccc2Nc2cc(Oc3ccc4c(c3)N(c3cc(C(C)(C)C)ccn3)c3ccccc3C4(C)C)ccc2-c2c(C)cc(C)cc2C)c(C)c1. The van der Waals surface area contributed by atoms with E-state index in [4.69, 9.17) is 9.72 Å². The molecular formula is C54H56N4O. The van der Waals surface area contributed by atoms with Crippen molar-refractivity contribution in [3.63, 3.8) is 0 Å². The van der Waals surface area contributed by atoms with Crippen LogP contribution in [-0.4, -0.2) is 4.98 Å². The number of aromatic nitrogens is 1. The molecule has 0 spiro atoms. The first-order valence-corrected chi connectivity index (χ1v) is 20.7. The molecule has 2 heterocycles. The van der Waals surface area contributed by atoms with Crippen molar-refractivity contribution in [2.24, 2.45) is 0 Å². The second-order valence-electron chi connectivity index (χ2n) is 18.0. The van der Waals surface area contributed by atoms with E-state index in [0.717, 1.165) is 57.0 Å². The summed E-state index contributed by atoms with van der Waals surface area (Å²) in [6.45, 7) is 24.4. The van der Waals surface area contributed by atoms with Gasteiger partial charge in [-0.15, -0.1) is 0 Å². The van der Waals surface area contributed by atoms with Gasteiger partial charge in [0.05, 0.1) is 28.4 Å². The molecule has 0 saturated heterocycles. The van der Waals surface area contributed by atoms with Gasteiger partial charge in [0.25, 0.3) is 0 Å². The molecule has 5 heteroatoms. The lowest BCUT2D eigenvalue weighted by Crippen LogP contribution is -2.31. The Bertz CT molecular complexity index is 2690. The number of benzene rings is 6. The van der Waals surface area contributed by atoms with Crippen LogP contribution in [0.1, 0.15) is 84.7 Å². The minimum absolute atomic E-state index is 0.0250. The molecule has 7 aromatic rings. The predicted molar refractivity (Wildman–Crippen MR) is 250 cm³/mol. The third-order valence-electron chi connectivity index (χ3n) is 11.8. The highest BCUT2D eigenvalue weighted by atomic mass is 16.5. The summed E-state index contributed by atoms with van der Waals surface area (Å²) in [7, 11) is 0. The van der Waals surface area contributed by atoms with Crippen molar-refractivity contribution in [1.82, 2.24) is 4.98 Å². The summed E-state index contributed by atoms with van der Waals surface area (Å²) in [6, 6.07) is 43.4. The number of pyridine rings is 1. The van der Waals surface area contributed by atoms with Crippen molar-refractivity contribution >= 4 is 39.9 Å². The van der Waals surface area contributed by atoms with E-state index in [1.54, 1.807) is 0 Å². The number of hydrogen-bond acceptors (Lipinski definition) is 5. The molecule has 0 atom stereocenters. The third kappa shape index (κ3) is 7.58. The molecule has 1 aromatic heterocycles. The summed E-state index contributed by atoms with van der Waals surface area (Å²) in [5.41, 5.74) is 19.5. The molecule has 2 N–H and O–H groups in total. The Hall–Kier alpha value is -6.33. The van der Waals surface area contributed by atoms with Crippen molar-refractivity contribution in [3.05, 3.63) is 178 Å². The first kappa shape index (κ1) is 39.5. The molecule has 0 amide bonds. The van der Waals surface area contributed by atoms with E-state index in [1.807, 2.05) is 6.20 Å². The second-order valence-corrected chi connectivity index (χ2v) is 18.0. The van der Waals surface area contributed by atoms with Gasteiger partial charge in [0.15, 0.2) is 0 Å². The van der Waals surface area contributed by atoms with Crippen LogP contribution < -0.4 is 20.3 Å². The number of nitrogens with one attached hydrogen (secondary N) is 2. The Labute approximate surface area is 351 Å². The smallest absolute Gasteiger partial charge is 0.137 e. The average molecular weight is 777 g/mol. The van der Waals surface area contributed by atoms with Crippen molar-refractivity contribution in [2.45, 2.75) is 87.0 Å². The van der Waals surface area contributed by atoms with Crippen molar-refractivity contribution in [3.8, 4) is 22.6 Å². The fourth-order valence-corrected chi connectivity index (χ4v) is 9.02. The first-order valence-electron chi connectivity index (χ1n) is 20.7. The van der Waals surface area contributed by atoms with E-state index in [2.05, 4.69) is 213 Å². The molecule has 5 nitrogen and oxygen atoms in total.